The Morgan fingerprint density at radius 1 is 1.06 bits per heavy atom. The van der Waals surface area contributed by atoms with Gasteiger partial charge >= 0.3 is 0 Å². The highest BCUT2D eigenvalue weighted by molar-refractivity contribution is 5.66. The second-order valence-electron chi connectivity index (χ2n) is 4.32. The van der Waals surface area contributed by atoms with Crippen LogP contribution in [0.3, 0.4) is 0 Å². The standard InChI is InChI=1S/C15H14O2/c16-10-14-9-13-8-12(6-7-15(13)17-14)11-4-2-1-3-5-11/h1-8,14,16H,9-10H2/t14-/m1/s1. The van der Waals surface area contributed by atoms with Crippen molar-refractivity contribution in [3.8, 4) is 16.9 Å². The quantitative estimate of drug-likeness (QED) is 0.853. The minimum absolute atomic E-state index is 0.0731. The molecular formula is C15H14O2. The molecule has 1 N–H and O–H groups in total. The van der Waals surface area contributed by atoms with Gasteiger partial charge in [-0.1, -0.05) is 36.4 Å². The predicted molar refractivity (Wildman–Crippen MR) is 67.1 cm³/mol. The zero-order valence-corrected chi connectivity index (χ0v) is 9.47. The summed E-state index contributed by atoms with van der Waals surface area (Å²) in [6.07, 6.45) is 0.725. The van der Waals surface area contributed by atoms with Crippen molar-refractivity contribution in [1.82, 2.24) is 0 Å². The van der Waals surface area contributed by atoms with Gasteiger partial charge in [-0.15, -0.1) is 0 Å². The molecule has 0 amide bonds. The Kier molecular flexibility index (Phi) is 2.57. The van der Waals surface area contributed by atoms with Crippen LogP contribution in [0.1, 0.15) is 5.56 Å². The molecule has 0 bridgehead atoms. The van der Waals surface area contributed by atoms with Crippen LogP contribution in [0.2, 0.25) is 0 Å². The van der Waals surface area contributed by atoms with Crippen LogP contribution in [0.5, 0.6) is 5.75 Å². The summed E-state index contributed by atoms with van der Waals surface area (Å²) in [5.41, 5.74) is 3.60. The lowest BCUT2D eigenvalue weighted by Gasteiger charge is -2.05. The van der Waals surface area contributed by atoms with Gasteiger partial charge in [-0.3, -0.25) is 0 Å². The molecule has 0 unspecified atom stereocenters. The third-order valence-corrected chi connectivity index (χ3v) is 3.11. The van der Waals surface area contributed by atoms with E-state index in [-0.39, 0.29) is 12.7 Å². The monoisotopic (exact) mass is 226 g/mol. The van der Waals surface area contributed by atoms with Crippen molar-refractivity contribution in [3.63, 3.8) is 0 Å². The second kappa shape index (κ2) is 4.22. The molecule has 1 aliphatic rings. The molecule has 2 heteroatoms. The molecule has 0 saturated carbocycles. The number of ether oxygens (including phenoxy) is 1. The first-order valence-corrected chi connectivity index (χ1v) is 5.82. The molecule has 1 heterocycles. The highest BCUT2D eigenvalue weighted by atomic mass is 16.5. The maximum absolute atomic E-state index is 9.10. The number of hydrogen-bond acceptors (Lipinski definition) is 2. The van der Waals surface area contributed by atoms with Crippen LogP contribution in [-0.4, -0.2) is 17.8 Å². The average molecular weight is 226 g/mol. The molecule has 0 aliphatic carbocycles. The molecule has 1 atom stereocenters. The van der Waals surface area contributed by atoms with Crippen LogP contribution in [0.25, 0.3) is 11.1 Å². The van der Waals surface area contributed by atoms with Crippen molar-refractivity contribution < 1.29 is 9.84 Å². The van der Waals surface area contributed by atoms with Crippen molar-refractivity contribution in [2.75, 3.05) is 6.61 Å². The third kappa shape index (κ3) is 1.92. The van der Waals surface area contributed by atoms with Gasteiger partial charge in [0.1, 0.15) is 11.9 Å². The van der Waals surface area contributed by atoms with Crippen LogP contribution >= 0.6 is 0 Å². The lowest BCUT2D eigenvalue weighted by Crippen LogP contribution is -2.17. The molecular weight excluding hydrogens is 212 g/mol. The summed E-state index contributed by atoms with van der Waals surface area (Å²) < 4.78 is 5.60. The van der Waals surface area contributed by atoms with Crippen molar-refractivity contribution in [2.24, 2.45) is 0 Å². The van der Waals surface area contributed by atoms with Gasteiger partial charge in [0.15, 0.2) is 0 Å². The van der Waals surface area contributed by atoms with E-state index in [1.54, 1.807) is 0 Å². The maximum atomic E-state index is 9.10. The largest absolute Gasteiger partial charge is 0.487 e. The number of fused-ring (bicyclic) bond motifs is 1. The number of hydrogen-bond donors (Lipinski definition) is 1. The molecule has 17 heavy (non-hydrogen) atoms. The lowest BCUT2D eigenvalue weighted by molar-refractivity contribution is 0.134. The Morgan fingerprint density at radius 2 is 1.88 bits per heavy atom. The summed E-state index contributed by atoms with van der Waals surface area (Å²) in [5, 5.41) is 9.10. The highest BCUT2D eigenvalue weighted by Gasteiger charge is 2.22. The van der Waals surface area contributed by atoms with Gasteiger partial charge in [0.2, 0.25) is 0 Å². The molecule has 0 fully saturated rings. The summed E-state index contributed by atoms with van der Waals surface area (Å²) in [6, 6.07) is 16.5. The Bertz CT molecular complexity index is 520. The minimum atomic E-state index is -0.0731. The van der Waals surface area contributed by atoms with Gasteiger partial charge < -0.3 is 9.84 Å². The number of aliphatic hydroxyl groups excluding tert-OH is 1. The van der Waals surface area contributed by atoms with Crippen LogP contribution in [0, 0.1) is 0 Å². The molecule has 2 aromatic carbocycles. The van der Waals surface area contributed by atoms with Gasteiger partial charge in [-0.05, 0) is 28.8 Å². The molecule has 0 saturated heterocycles. The van der Waals surface area contributed by atoms with Crippen molar-refractivity contribution in [1.29, 1.82) is 0 Å². The summed E-state index contributed by atoms with van der Waals surface area (Å²) >= 11 is 0. The zero-order valence-electron chi connectivity index (χ0n) is 9.47. The predicted octanol–water partition coefficient (Wildman–Crippen LogP) is 2.65. The summed E-state index contributed by atoms with van der Waals surface area (Å²) in [4.78, 5) is 0. The van der Waals surface area contributed by atoms with Crippen molar-refractivity contribution in [2.45, 2.75) is 12.5 Å². The fourth-order valence-corrected chi connectivity index (χ4v) is 2.23. The smallest absolute Gasteiger partial charge is 0.126 e. The zero-order chi connectivity index (χ0) is 11.7. The Morgan fingerprint density at radius 3 is 2.65 bits per heavy atom. The SMILES string of the molecule is OC[C@H]1Cc2cc(-c3ccccc3)ccc2O1. The van der Waals surface area contributed by atoms with Crippen LogP contribution < -0.4 is 4.74 Å². The van der Waals surface area contributed by atoms with Gasteiger partial charge in [0, 0.05) is 6.42 Å². The van der Waals surface area contributed by atoms with E-state index in [0.29, 0.717) is 0 Å². The molecule has 0 aromatic heterocycles. The maximum Gasteiger partial charge on any atom is 0.126 e. The molecule has 0 radical (unpaired) electrons. The highest BCUT2D eigenvalue weighted by Crippen LogP contribution is 2.32. The van der Waals surface area contributed by atoms with Gasteiger partial charge in [-0.25, -0.2) is 0 Å². The van der Waals surface area contributed by atoms with E-state index in [0.717, 1.165) is 12.2 Å². The van der Waals surface area contributed by atoms with Crippen LogP contribution in [0.4, 0.5) is 0 Å². The van der Waals surface area contributed by atoms with E-state index in [2.05, 4.69) is 24.3 Å². The molecule has 86 valence electrons. The molecule has 2 nitrogen and oxygen atoms in total. The number of benzene rings is 2. The Labute approximate surface area is 100 Å². The summed E-state index contributed by atoms with van der Waals surface area (Å²) in [7, 11) is 0. The van der Waals surface area contributed by atoms with E-state index in [1.165, 1.54) is 16.7 Å². The third-order valence-electron chi connectivity index (χ3n) is 3.11. The fourth-order valence-electron chi connectivity index (χ4n) is 2.23. The second-order valence-corrected chi connectivity index (χ2v) is 4.32. The van der Waals surface area contributed by atoms with E-state index >= 15 is 0 Å². The fraction of sp³-hybridized carbons (Fsp3) is 0.200. The van der Waals surface area contributed by atoms with E-state index in [1.807, 2.05) is 24.3 Å². The topological polar surface area (TPSA) is 29.5 Å². The number of rotatable bonds is 2. The molecule has 2 aromatic rings. The number of aliphatic hydroxyl groups is 1. The molecule has 3 rings (SSSR count). The lowest BCUT2D eigenvalue weighted by atomic mass is 10.0. The first-order valence-electron chi connectivity index (χ1n) is 5.82. The van der Waals surface area contributed by atoms with E-state index in [9.17, 15) is 0 Å². The van der Waals surface area contributed by atoms with Crippen molar-refractivity contribution >= 4 is 0 Å². The van der Waals surface area contributed by atoms with E-state index < -0.39 is 0 Å². The molecule has 0 spiro atoms. The first kappa shape index (κ1) is 10.4. The van der Waals surface area contributed by atoms with Gasteiger partial charge in [0.05, 0.1) is 6.61 Å². The minimum Gasteiger partial charge on any atom is -0.487 e. The first-order chi connectivity index (χ1) is 8.36. The normalized spacial score (nSPS) is 17.6. The Hall–Kier alpha value is -1.80. The summed E-state index contributed by atoms with van der Waals surface area (Å²) in [6.45, 7) is 0.0787. The average Bonchev–Trinajstić information content (AvgIpc) is 2.81. The van der Waals surface area contributed by atoms with Crippen molar-refractivity contribution in [3.05, 3.63) is 54.1 Å². The van der Waals surface area contributed by atoms with Crippen LogP contribution in [0.15, 0.2) is 48.5 Å². The van der Waals surface area contributed by atoms with Gasteiger partial charge in [0.25, 0.3) is 0 Å². The Balaban J connectivity index is 1.96. The van der Waals surface area contributed by atoms with E-state index in [4.69, 9.17) is 9.84 Å². The van der Waals surface area contributed by atoms with Gasteiger partial charge in [-0.2, -0.15) is 0 Å². The summed E-state index contributed by atoms with van der Waals surface area (Å²) in [5.74, 6) is 0.906. The van der Waals surface area contributed by atoms with Crippen LogP contribution in [-0.2, 0) is 6.42 Å². The molecule has 1 aliphatic heterocycles.